The zero-order chi connectivity index (χ0) is 29.5. The second kappa shape index (κ2) is 11.5. The van der Waals surface area contributed by atoms with E-state index in [1.165, 1.54) is 23.5 Å². The van der Waals surface area contributed by atoms with E-state index in [1.807, 2.05) is 0 Å². The topological polar surface area (TPSA) is 107 Å². The number of carboxylic acids is 1. The van der Waals surface area contributed by atoms with E-state index in [0.717, 1.165) is 0 Å². The Balaban J connectivity index is 1.54. The molecule has 2 aromatic rings. The number of carboxylic acid groups (broad SMARTS) is 1. The average molecular weight is 592 g/mol. The second-order valence-corrected chi connectivity index (χ2v) is 11.6. The molecule has 13 heteroatoms. The number of carbonyl (C=O) groups is 2. The fraction of sp³-hybridized carbons (Fsp3) is 0.500. The molecule has 4 atom stereocenters. The summed E-state index contributed by atoms with van der Waals surface area (Å²) in [5, 5.41) is 14.8. The minimum atomic E-state index is -3.00. The molecule has 0 aliphatic carbocycles. The number of esters is 1. The van der Waals surface area contributed by atoms with E-state index in [4.69, 9.17) is 9.73 Å². The van der Waals surface area contributed by atoms with Gasteiger partial charge in [-0.25, -0.2) is 22.9 Å². The van der Waals surface area contributed by atoms with Crippen molar-refractivity contribution in [2.45, 2.75) is 38.8 Å². The van der Waals surface area contributed by atoms with Gasteiger partial charge in [-0.3, -0.25) is 14.7 Å². The normalized spacial score (nSPS) is 25.0. The molecule has 3 aliphatic rings. The fourth-order valence-corrected chi connectivity index (χ4v) is 6.50. The first-order chi connectivity index (χ1) is 19.5. The Hall–Kier alpha value is -3.29. The van der Waals surface area contributed by atoms with Crippen LogP contribution < -0.4 is 5.32 Å². The highest BCUT2D eigenvalue weighted by Gasteiger charge is 2.58. The number of thiazole rings is 1. The van der Waals surface area contributed by atoms with Crippen molar-refractivity contribution in [3.63, 3.8) is 0 Å². The van der Waals surface area contributed by atoms with Crippen LogP contribution in [0.4, 0.5) is 13.2 Å². The van der Waals surface area contributed by atoms with Gasteiger partial charge >= 0.3 is 11.9 Å². The molecular weight excluding hydrogens is 559 g/mol. The monoisotopic (exact) mass is 591 g/mol. The van der Waals surface area contributed by atoms with Crippen LogP contribution in [0.25, 0.3) is 0 Å². The van der Waals surface area contributed by atoms with Crippen LogP contribution in [0.1, 0.15) is 36.0 Å². The van der Waals surface area contributed by atoms with E-state index in [9.17, 15) is 19.1 Å². The molecule has 0 spiro atoms. The van der Waals surface area contributed by atoms with Crippen molar-refractivity contribution in [1.29, 1.82) is 0 Å². The number of ether oxygens (including phenoxy) is 1. The smallest absolute Gasteiger partial charge is 0.338 e. The fourth-order valence-electron chi connectivity index (χ4n) is 5.91. The number of amidine groups is 1. The SMILES string of the molecule is CCOC(=O)C1=C(CN2CC(F)(F)C3CN(CC(C)C(=O)O)CC32)NC(c2nccs2)=NC1c1cccc(F)c1C. The van der Waals surface area contributed by atoms with Gasteiger partial charge in [0.2, 0.25) is 0 Å². The number of aliphatic carboxylic acids is 1. The summed E-state index contributed by atoms with van der Waals surface area (Å²) in [4.78, 5) is 37.3. The van der Waals surface area contributed by atoms with E-state index in [0.29, 0.717) is 27.7 Å². The minimum absolute atomic E-state index is 0.0392. The lowest BCUT2D eigenvalue weighted by atomic mass is 9.92. The number of alkyl halides is 2. The molecule has 1 aromatic heterocycles. The molecule has 0 bridgehead atoms. The summed E-state index contributed by atoms with van der Waals surface area (Å²) in [5.74, 6) is -6.43. The Morgan fingerprint density at radius 3 is 2.78 bits per heavy atom. The molecule has 3 aliphatic heterocycles. The largest absolute Gasteiger partial charge is 0.481 e. The third-order valence-corrected chi connectivity index (χ3v) is 8.75. The van der Waals surface area contributed by atoms with Gasteiger partial charge < -0.3 is 20.1 Å². The summed E-state index contributed by atoms with van der Waals surface area (Å²) < 4.78 is 50.7. The lowest BCUT2D eigenvalue weighted by Gasteiger charge is -2.32. The van der Waals surface area contributed by atoms with Crippen molar-refractivity contribution < 1.29 is 32.6 Å². The van der Waals surface area contributed by atoms with Gasteiger partial charge in [-0.2, -0.15) is 0 Å². The van der Waals surface area contributed by atoms with Crippen molar-refractivity contribution in [1.82, 2.24) is 20.1 Å². The van der Waals surface area contributed by atoms with Crippen LogP contribution >= 0.6 is 11.3 Å². The Labute approximate surface area is 239 Å². The zero-order valence-electron chi connectivity index (χ0n) is 22.9. The Morgan fingerprint density at radius 2 is 2.10 bits per heavy atom. The number of nitrogens with zero attached hydrogens (tertiary/aromatic N) is 4. The molecule has 1 aromatic carbocycles. The number of hydrogen-bond acceptors (Lipinski definition) is 9. The second-order valence-electron chi connectivity index (χ2n) is 10.7. The summed E-state index contributed by atoms with van der Waals surface area (Å²) in [6.45, 7) is 4.88. The number of likely N-dealkylation sites (tertiary alicyclic amines) is 2. The lowest BCUT2D eigenvalue weighted by molar-refractivity contribution is -0.142. The Morgan fingerprint density at radius 1 is 1.32 bits per heavy atom. The number of nitrogens with one attached hydrogen (secondary N) is 1. The third kappa shape index (κ3) is 5.75. The van der Waals surface area contributed by atoms with Crippen molar-refractivity contribution in [3.05, 3.63) is 63.0 Å². The first-order valence-corrected chi connectivity index (χ1v) is 14.3. The van der Waals surface area contributed by atoms with E-state index < -0.39 is 54.1 Å². The van der Waals surface area contributed by atoms with Gasteiger partial charge in [0.05, 0.1) is 30.6 Å². The minimum Gasteiger partial charge on any atom is -0.481 e. The van der Waals surface area contributed by atoms with E-state index >= 15 is 8.78 Å². The summed E-state index contributed by atoms with van der Waals surface area (Å²) >= 11 is 1.32. The lowest BCUT2D eigenvalue weighted by Crippen LogP contribution is -2.43. The van der Waals surface area contributed by atoms with Crippen LogP contribution in [0.15, 0.2) is 46.0 Å². The van der Waals surface area contributed by atoms with Gasteiger partial charge in [0.15, 0.2) is 10.8 Å². The van der Waals surface area contributed by atoms with Crippen molar-refractivity contribution in [2.75, 3.05) is 39.3 Å². The number of benzene rings is 1. The molecule has 4 heterocycles. The quantitative estimate of drug-likeness (QED) is 0.427. The Kier molecular flexibility index (Phi) is 8.22. The van der Waals surface area contributed by atoms with E-state index in [-0.39, 0.29) is 38.4 Å². The molecule has 0 amide bonds. The number of carbonyl (C=O) groups excluding carboxylic acids is 1. The number of halogens is 3. The maximum Gasteiger partial charge on any atom is 0.338 e. The number of aliphatic imine (C=N–C) groups is 1. The number of hydrogen-bond donors (Lipinski definition) is 2. The van der Waals surface area contributed by atoms with Gasteiger partial charge in [-0.15, -0.1) is 11.3 Å². The predicted molar refractivity (Wildman–Crippen MR) is 146 cm³/mol. The van der Waals surface area contributed by atoms with Crippen molar-refractivity contribution in [2.24, 2.45) is 16.8 Å². The summed E-state index contributed by atoms with van der Waals surface area (Å²) in [6.07, 6.45) is 1.60. The van der Waals surface area contributed by atoms with Gasteiger partial charge in [0.25, 0.3) is 5.92 Å². The standard InChI is InChI=1S/C28H32F3N5O4S/c1-4-40-27(39)22-20(12-36-14-28(30,31)18-11-35(13-21(18)36)10-15(2)26(37)38)33-24(25-32-8-9-41-25)34-23(22)17-6-5-7-19(29)16(17)3/h5-9,15,18,21,23H,4,10-14H2,1-3H3,(H,33,34)(H,37,38). The van der Waals surface area contributed by atoms with E-state index in [2.05, 4.69) is 10.3 Å². The van der Waals surface area contributed by atoms with Gasteiger partial charge in [0.1, 0.15) is 11.9 Å². The number of aromatic nitrogens is 1. The number of rotatable bonds is 9. The molecule has 4 unspecified atom stereocenters. The van der Waals surface area contributed by atoms with Crippen molar-refractivity contribution >= 4 is 29.1 Å². The average Bonchev–Trinajstić information content (AvgIpc) is 3.64. The van der Waals surface area contributed by atoms with E-state index in [1.54, 1.807) is 48.2 Å². The zero-order valence-corrected chi connectivity index (χ0v) is 23.8. The molecule has 2 fully saturated rings. The maximum atomic E-state index is 15.3. The molecule has 220 valence electrons. The molecule has 2 N–H and O–H groups in total. The molecule has 0 saturated carbocycles. The molecule has 9 nitrogen and oxygen atoms in total. The van der Waals surface area contributed by atoms with Crippen LogP contribution in [0, 0.1) is 24.6 Å². The first-order valence-electron chi connectivity index (χ1n) is 13.5. The van der Waals surface area contributed by atoms with Crippen LogP contribution in [-0.4, -0.2) is 89.0 Å². The highest BCUT2D eigenvalue weighted by Crippen LogP contribution is 2.43. The predicted octanol–water partition coefficient (Wildman–Crippen LogP) is 3.47. The van der Waals surface area contributed by atoms with Gasteiger partial charge in [-0.05, 0) is 31.0 Å². The summed E-state index contributed by atoms with van der Waals surface area (Å²) in [7, 11) is 0. The molecular formula is C28H32F3N5O4S. The Bertz CT molecular complexity index is 1380. The summed E-state index contributed by atoms with van der Waals surface area (Å²) in [6, 6.07) is 3.05. The molecule has 5 rings (SSSR count). The van der Waals surface area contributed by atoms with Crippen LogP contribution in [0.3, 0.4) is 0 Å². The number of fused-ring (bicyclic) bond motifs is 1. The first kappa shape index (κ1) is 29.2. The molecule has 2 saturated heterocycles. The summed E-state index contributed by atoms with van der Waals surface area (Å²) in [5.41, 5.74) is 1.24. The van der Waals surface area contributed by atoms with Gasteiger partial charge in [-0.1, -0.05) is 19.1 Å². The molecule has 0 radical (unpaired) electrons. The highest BCUT2D eigenvalue weighted by atomic mass is 32.1. The van der Waals surface area contributed by atoms with Gasteiger partial charge in [0, 0.05) is 49.5 Å². The van der Waals surface area contributed by atoms with Crippen molar-refractivity contribution in [3.8, 4) is 0 Å². The highest BCUT2D eigenvalue weighted by molar-refractivity contribution is 7.11. The van der Waals surface area contributed by atoms with Crippen LogP contribution in [0.5, 0.6) is 0 Å². The molecule has 41 heavy (non-hydrogen) atoms. The van der Waals surface area contributed by atoms with Crippen LogP contribution in [0.2, 0.25) is 0 Å². The maximum absolute atomic E-state index is 15.3. The van der Waals surface area contributed by atoms with Crippen LogP contribution in [-0.2, 0) is 14.3 Å². The third-order valence-electron chi connectivity index (χ3n) is 7.97.